The molecule has 0 spiro atoms. The fourth-order valence-corrected chi connectivity index (χ4v) is 9.99. The molecular formula is C87H156O44. The van der Waals surface area contributed by atoms with Crippen LogP contribution in [0.25, 0.3) is 0 Å². The van der Waals surface area contributed by atoms with E-state index in [4.69, 9.17) is 119 Å². The number of carbonyl (C=O) groups is 13. The summed E-state index contributed by atoms with van der Waals surface area (Å²) in [5, 5.41) is 171. The molecule has 0 amide bonds. The summed E-state index contributed by atoms with van der Waals surface area (Å²) in [6.07, 6.45) is 12.9. The SMILES string of the molecule is CC(C)CC(=O)OCC(C)(CO)CO.CC(CO)(CO)COC(=O)CCCCC(=O)O.CCC(CO)(CO)COC(=O)CCC(=O)O.CCC(CO)(CO)COC(=O)CCC(=O)OCCC(=O)O.CCC(CO)(CO)COC(=O)CCC(C)C.CCCCCCC(CO)(CO)COC(=O)CCCC(=O)O.O=C(O)CCC(=O)OCC(CO)(CO)C1CCCCC1.O=C=O.O=C=O. The molecule has 0 unspecified atom stereocenters. The number of hydrogen-bond acceptors (Lipinski definition) is 39. The Morgan fingerprint density at radius 2 is 0.588 bits per heavy atom. The molecule has 1 rings (SSSR count). The van der Waals surface area contributed by atoms with E-state index >= 15 is 0 Å². The second-order valence-corrected chi connectivity index (χ2v) is 33.2. The second kappa shape index (κ2) is 85.5. The zero-order valence-electron chi connectivity index (χ0n) is 78.2. The van der Waals surface area contributed by atoms with Crippen LogP contribution in [0.15, 0.2) is 0 Å². The van der Waals surface area contributed by atoms with Crippen LogP contribution < -0.4 is 0 Å². The Hall–Kier alpha value is -8.69. The minimum atomic E-state index is -1.08. The molecule has 1 fully saturated rings. The van der Waals surface area contributed by atoms with E-state index in [1.165, 1.54) is 0 Å². The lowest BCUT2D eigenvalue weighted by Crippen LogP contribution is -2.43. The molecule has 0 radical (unpaired) electrons. The van der Waals surface area contributed by atoms with Crippen molar-refractivity contribution >= 4 is 89.9 Å². The van der Waals surface area contributed by atoms with E-state index in [2.05, 4.69) is 11.7 Å². The van der Waals surface area contributed by atoms with Crippen molar-refractivity contribution < 1.29 is 216 Å². The van der Waals surface area contributed by atoms with Gasteiger partial charge in [-0.05, 0) is 82.0 Å². The molecule has 0 aromatic heterocycles. The van der Waals surface area contributed by atoms with Crippen molar-refractivity contribution in [3.8, 4) is 0 Å². The normalized spacial score (nSPS) is 11.8. The summed E-state index contributed by atoms with van der Waals surface area (Å²) in [4.78, 5) is 174. The number of rotatable bonds is 63. The van der Waals surface area contributed by atoms with E-state index in [9.17, 15) is 93.0 Å². The topological polar surface area (TPSA) is 748 Å². The van der Waals surface area contributed by atoms with Gasteiger partial charge in [0.1, 0.15) is 52.9 Å². The van der Waals surface area contributed by atoms with E-state index in [-0.39, 0.29) is 258 Å². The van der Waals surface area contributed by atoms with Gasteiger partial charge >= 0.3 is 89.9 Å². The molecule has 0 bridgehead atoms. The number of unbranched alkanes of at least 4 members (excludes halogenated alkanes) is 4. The van der Waals surface area contributed by atoms with Crippen LogP contribution in [0, 0.1) is 55.7 Å². The monoisotopic (exact) mass is 1900 g/mol. The third-order valence-corrected chi connectivity index (χ3v) is 20.5. The highest BCUT2D eigenvalue weighted by Gasteiger charge is 2.41. The Bertz CT molecular complexity index is 3040. The lowest BCUT2D eigenvalue weighted by molar-refractivity contribution is -0.193. The van der Waals surface area contributed by atoms with Crippen LogP contribution in [0.5, 0.6) is 0 Å². The van der Waals surface area contributed by atoms with Crippen molar-refractivity contribution in [2.45, 2.75) is 262 Å². The van der Waals surface area contributed by atoms with Gasteiger partial charge in [0.25, 0.3) is 0 Å². The van der Waals surface area contributed by atoms with E-state index in [1.54, 1.807) is 27.7 Å². The summed E-state index contributed by atoms with van der Waals surface area (Å²) in [5.41, 5.74) is -5.55. The van der Waals surface area contributed by atoms with Crippen molar-refractivity contribution in [2.75, 3.05) is 145 Å². The van der Waals surface area contributed by atoms with E-state index in [0.29, 0.717) is 57.3 Å². The van der Waals surface area contributed by atoms with Crippen LogP contribution in [0.1, 0.15) is 262 Å². The number of aliphatic hydroxyl groups is 14. The van der Waals surface area contributed by atoms with Crippen LogP contribution >= 0.6 is 0 Å². The van der Waals surface area contributed by atoms with Crippen molar-refractivity contribution in [2.24, 2.45) is 55.7 Å². The first kappa shape index (κ1) is 138. The summed E-state index contributed by atoms with van der Waals surface area (Å²) in [5.74, 6) is -8.19. The largest absolute Gasteiger partial charge is 0.481 e. The van der Waals surface area contributed by atoms with Crippen molar-refractivity contribution in [1.82, 2.24) is 0 Å². The molecule has 44 heteroatoms. The molecule has 0 aliphatic heterocycles. The predicted octanol–water partition coefficient (Wildman–Crippen LogP) is 3.07. The fraction of sp³-hybridized carbons (Fsp3) is 0.828. The summed E-state index contributed by atoms with van der Waals surface area (Å²) in [6.45, 7) is 14.8. The van der Waals surface area contributed by atoms with Crippen molar-refractivity contribution in [3.63, 3.8) is 0 Å². The molecule has 0 heterocycles. The molecule has 0 aromatic rings. The molecule has 0 atom stereocenters. The van der Waals surface area contributed by atoms with Gasteiger partial charge in [-0.15, -0.1) is 0 Å². The number of hydrogen-bond donors (Lipinski definition) is 19. The Balaban J connectivity index is -0.000000223. The fourth-order valence-electron chi connectivity index (χ4n) is 9.99. The first-order valence-electron chi connectivity index (χ1n) is 43.5. The van der Waals surface area contributed by atoms with Crippen molar-refractivity contribution in [1.29, 1.82) is 0 Å². The lowest BCUT2D eigenvalue weighted by atomic mass is 9.70. The molecule has 0 aromatic carbocycles. The first-order valence-corrected chi connectivity index (χ1v) is 43.5. The Labute approximate surface area is 766 Å². The Kier molecular flexibility index (Phi) is 89.9. The van der Waals surface area contributed by atoms with Crippen molar-refractivity contribution in [3.05, 3.63) is 0 Å². The minimum absolute atomic E-state index is 0.0297. The van der Waals surface area contributed by atoms with Gasteiger partial charge in [-0.3, -0.25) is 62.3 Å². The third-order valence-electron chi connectivity index (χ3n) is 20.5. The van der Waals surface area contributed by atoms with Gasteiger partial charge < -0.3 is 135 Å². The number of carboxylic acid groups (broad SMARTS) is 5. The van der Waals surface area contributed by atoms with E-state index in [1.807, 2.05) is 34.6 Å². The van der Waals surface area contributed by atoms with Gasteiger partial charge in [-0.1, -0.05) is 114 Å². The second-order valence-electron chi connectivity index (χ2n) is 33.2. The highest BCUT2D eigenvalue weighted by Crippen LogP contribution is 2.39. The standard InChI is InChI=1S/C15H28O6.C14H24O6.C13H22O8.C12H24O4.C11H20O6.C10H18O6.C10H20O4.2CO2/c1-2-3-4-5-9-15(10-16,11-17)12-21-14(20)8-6-7-13(18)19;15-8-14(9-16,11-4-2-1-3-5-11)10-20-13(19)7-6-12(17)18;1-2-13(7-14,8-15)9-21-12(19)4-3-11(18)20-6-5-10(16)17;1-4-12(7-13,8-14)9-16-11(15)6-5-10(2)3;1-11(6-12,7-13)8-17-10(16)5-3-2-4-9(14)15;1-2-10(5-11,6-12)7-16-9(15)4-3-8(13)14;1-8(2)4-9(13)14-7-10(3,5-11)6-12;2*2-1-3/h16-17H,2-12H2,1H3,(H,18,19);11,15-16H,1-10H2,(H,17,18);14-15H,2-9H2,1H3,(H,16,17);10,13-14H,4-9H2,1-3H3;12-13H,2-8H2,1H3,(H,14,15);11-12H,2-7H2,1H3,(H,13,14);8,11-12H,4-7H2,1-3H3;;. The summed E-state index contributed by atoms with van der Waals surface area (Å²) in [7, 11) is 0. The smallest absolute Gasteiger partial charge is 0.373 e. The molecule has 0 saturated heterocycles. The Morgan fingerprint density at radius 1 is 0.298 bits per heavy atom. The average Bonchev–Trinajstić information content (AvgIpc) is 0.819. The van der Waals surface area contributed by atoms with Gasteiger partial charge in [0.05, 0.1) is 165 Å². The van der Waals surface area contributed by atoms with Gasteiger partial charge in [-0.25, -0.2) is 0 Å². The van der Waals surface area contributed by atoms with Crippen LogP contribution in [-0.4, -0.2) is 332 Å². The van der Waals surface area contributed by atoms with Crippen LogP contribution in [-0.2, 0) is 119 Å². The van der Waals surface area contributed by atoms with Crippen LogP contribution in [0.2, 0.25) is 0 Å². The molecule has 19 N–H and O–H groups in total. The van der Waals surface area contributed by atoms with Gasteiger partial charge in [-0.2, -0.15) is 19.2 Å². The van der Waals surface area contributed by atoms with Crippen LogP contribution in [0.4, 0.5) is 0 Å². The third kappa shape index (κ3) is 78.5. The van der Waals surface area contributed by atoms with E-state index in [0.717, 1.165) is 64.2 Å². The molecule has 768 valence electrons. The molecule has 1 saturated carbocycles. The first-order chi connectivity index (χ1) is 61.6. The quantitative estimate of drug-likeness (QED) is 0.0236. The lowest BCUT2D eigenvalue weighted by Gasteiger charge is -2.39. The Morgan fingerprint density at radius 3 is 0.901 bits per heavy atom. The van der Waals surface area contributed by atoms with Gasteiger partial charge in [0.15, 0.2) is 0 Å². The minimum Gasteiger partial charge on any atom is -0.481 e. The predicted molar refractivity (Wildman–Crippen MR) is 458 cm³/mol. The molecule has 1 aliphatic rings. The summed E-state index contributed by atoms with van der Waals surface area (Å²) < 4.78 is 39.4. The number of carbonyl (C=O) groups excluding carboxylic acids is 12. The number of aliphatic carboxylic acids is 5. The summed E-state index contributed by atoms with van der Waals surface area (Å²) >= 11 is 0. The highest BCUT2D eigenvalue weighted by atomic mass is 16.6. The maximum atomic E-state index is 11.5. The number of aliphatic hydroxyl groups excluding tert-OH is 14. The maximum absolute atomic E-state index is 11.5. The number of carboxylic acids is 5. The van der Waals surface area contributed by atoms with Gasteiger partial charge in [0, 0.05) is 49.4 Å². The number of esters is 8. The average molecular weight is 1910 g/mol. The zero-order valence-corrected chi connectivity index (χ0v) is 78.2. The zero-order chi connectivity index (χ0) is 103. The van der Waals surface area contributed by atoms with Gasteiger partial charge in [0.2, 0.25) is 0 Å². The highest BCUT2D eigenvalue weighted by molar-refractivity contribution is 5.79. The molecule has 131 heavy (non-hydrogen) atoms. The molecule has 44 nitrogen and oxygen atoms in total. The van der Waals surface area contributed by atoms with Crippen LogP contribution in [0.3, 0.4) is 0 Å². The summed E-state index contributed by atoms with van der Waals surface area (Å²) in [6, 6.07) is 0. The molecule has 1 aliphatic carbocycles. The number of ether oxygens (including phenoxy) is 8. The van der Waals surface area contributed by atoms with E-state index < -0.39 is 104 Å². The maximum Gasteiger partial charge on any atom is 0.373 e. The molecular weight excluding hydrogens is 1750 g/mol.